The summed E-state index contributed by atoms with van der Waals surface area (Å²) >= 11 is 0. The van der Waals surface area contributed by atoms with Crippen LogP contribution in [0.15, 0.2) is 48.5 Å². The minimum Gasteiger partial charge on any atom is -0.465 e. The van der Waals surface area contributed by atoms with Crippen LogP contribution in [-0.4, -0.2) is 38.0 Å². The summed E-state index contributed by atoms with van der Waals surface area (Å²) in [7, 11) is 2.41. The number of benzene rings is 2. The van der Waals surface area contributed by atoms with Crippen molar-refractivity contribution >= 4 is 35.1 Å². The minimum atomic E-state index is -1.01. The molecule has 0 radical (unpaired) electrons. The predicted octanol–water partition coefficient (Wildman–Crippen LogP) is 1.84. The molecule has 0 aromatic heterocycles. The van der Waals surface area contributed by atoms with E-state index in [2.05, 4.69) is 20.1 Å². The van der Waals surface area contributed by atoms with Gasteiger partial charge in [0.1, 0.15) is 0 Å². The molecular formula is C18H16N2O6. The number of carbonyl (C=O) groups is 4. The van der Waals surface area contributed by atoms with E-state index in [1.807, 2.05) is 0 Å². The van der Waals surface area contributed by atoms with Gasteiger partial charge < -0.3 is 20.1 Å². The number of methoxy groups -OCH3 is 2. The van der Waals surface area contributed by atoms with Crippen molar-refractivity contribution in [2.75, 3.05) is 24.9 Å². The molecule has 0 aliphatic heterocycles. The number of carbonyl (C=O) groups excluding carboxylic acids is 4. The highest BCUT2D eigenvalue weighted by Gasteiger charge is 2.20. The number of hydrogen-bond donors (Lipinski definition) is 2. The average Bonchev–Trinajstić information content (AvgIpc) is 2.67. The lowest BCUT2D eigenvalue weighted by Gasteiger charge is -2.11. The maximum atomic E-state index is 12.1. The van der Waals surface area contributed by atoms with Gasteiger partial charge in [-0.1, -0.05) is 24.3 Å². The molecule has 8 heteroatoms. The van der Waals surface area contributed by atoms with E-state index in [0.29, 0.717) is 0 Å². The van der Waals surface area contributed by atoms with E-state index in [4.69, 9.17) is 0 Å². The van der Waals surface area contributed by atoms with Gasteiger partial charge in [-0.2, -0.15) is 0 Å². The minimum absolute atomic E-state index is 0.103. The normalized spacial score (nSPS) is 9.77. The maximum Gasteiger partial charge on any atom is 0.339 e. The van der Waals surface area contributed by atoms with Gasteiger partial charge in [-0.3, -0.25) is 9.59 Å². The number of ether oxygens (including phenoxy) is 2. The lowest BCUT2D eigenvalue weighted by atomic mass is 10.1. The molecule has 2 aromatic rings. The number of anilines is 2. The number of para-hydroxylation sites is 2. The zero-order valence-corrected chi connectivity index (χ0v) is 14.1. The Morgan fingerprint density at radius 3 is 1.35 bits per heavy atom. The molecule has 0 spiro atoms. The van der Waals surface area contributed by atoms with Gasteiger partial charge in [-0.25, -0.2) is 9.59 Å². The highest BCUT2D eigenvalue weighted by Crippen LogP contribution is 2.18. The number of nitrogens with one attached hydrogen (secondary N) is 2. The van der Waals surface area contributed by atoms with E-state index < -0.39 is 23.8 Å². The van der Waals surface area contributed by atoms with Crippen LogP contribution in [0.25, 0.3) is 0 Å². The Labute approximate surface area is 149 Å². The summed E-state index contributed by atoms with van der Waals surface area (Å²) in [4.78, 5) is 47.7. The van der Waals surface area contributed by atoms with Crippen LogP contribution in [-0.2, 0) is 19.1 Å². The van der Waals surface area contributed by atoms with Crippen LogP contribution in [0.4, 0.5) is 11.4 Å². The van der Waals surface area contributed by atoms with Crippen LogP contribution in [0.1, 0.15) is 20.7 Å². The molecule has 0 aliphatic carbocycles. The van der Waals surface area contributed by atoms with Crippen molar-refractivity contribution in [3.8, 4) is 0 Å². The third-order valence-electron chi connectivity index (χ3n) is 3.37. The first kappa shape index (κ1) is 18.7. The van der Waals surface area contributed by atoms with E-state index >= 15 is 0 Å². The van der Waals surface area contributed by atoms with Crippen molar-refractivity contribution in [3.05, 3.63) is 59.7 Å². The van der Waals surface area contributed by atoms with Crippen LogP contribution >= 0.6 is 0 Å². The first-order valence-corrected chi connectivity index (χ1v) is 7.45. The third kappa shape index (κ3) is 4.23. The molecule has 8 nitrogen and oxygen atoms in total. The Bertz CT molecular complexity index is 791. The zero-order valence-electron chi connectivity index (χ0n) is 14.1. The highest BCUT2D eigenvalue weighted by molar-refractivity contribution is 6.44. The lowest BCUT2D eigenvalue weighted by molar-refractivity contribution is -0.133. The van der Waals surface area contributed by atoms with Gasteiger partial charge in [0.05, 0.1) is 36.7 Å². The summed E-state index contributed by atoms with van der Waals surface area (Å²) in [5, 5.41) is 4.68. The van der Waals surface area contributed by atoms with Crippen molar-refractivity contribution in [1.29, 1.82) is 0 Å². The molecule has 2 amide bonds. The first-order valence-electron chi connectivity index (χ1n) is 7.45. The topological polar surface area (TPSA) is 111 Å². The fourth-order valence-electron chi connectivity index (χ4n) is 2.12. The van der Waals surface area contributed by atoms with E-state index in [-0.39, 0.29) is 22.5 Å². The average molecular weight is 356 g/mol. The van der Waals surface area contributed by atoms with Gasteiger partial charge in [0, 0.05) is 0 Å². The van der Waals surface area contributed by atoms with E-state index in [1.54, 1.807) is 24.3 Å². The SMILES string of the molecule is COC(=O)c1ccccc1NC(=O)C(=O)Nc1ccccc1C(=O)OC. The molecule has 0 unspecified atom stereocenters. The molecule has 0 fully saturated rings. The molecule has 0 bridgehead atoms. The fourth-order valence-corrected chi connectivity index (χ4v) is 2.12. The Morgan fingerprint density at radius 1 is 0.654 bits per heavy atom. The van der Waals surface area contributed by atoms with E-state index in [9.17, 15) is 19.2 Å². The molecule has 2 rings (SSSR count). The summed E-state index contributed by atoms with van der Waals surface area (Å²) in [6.45, 7) is 0. The number of rotatable bonds is 4. The van der Waals surface area contributed by atoms with Gasteiger partial charge in [-0.05, 0) is 24.3 Å². The molecule has 26 heavy (non-hydrogen) atoms. The number of esters is 2. The van der Waals surface area contributed by atoms with Gasteiger partial charge in [0.2, 0.25) is 0 Å². The van der Waals surface area contributed by atoms with Crippen molar-refractivity contribution < 1.29 is 28.7 Å². The van der Waals surface area contributed by atoms with Gasteiger partial charge in [0.25, 0.3) is 0 Å². The largest absolute Gasteiger partial charge is 0.465 e. The summed E-state index contributed by atoms with van der Waals surface area (Å²) in [6, 6.07) is 12.2. The Hall–Kier alpha value is -3.68. The number of hydrogen-bond acceptors (Lipinski definition) is 6. The molecule has 2 aromatic carbocycles. The van der Waals surface area contributed by atoms with Crippen LogP contribution in [0.2, 0.25) is 0 Å². The van der Waals surface area contributed by atoms with Crippen molar-refractivity contribution in [1.82, 2.24) is 0 Å². The second-order valence-corrected chi connectivity index (χ2v) is 4.98. The summed E-state index contributed by atoms with van der Waals surface area (Å²) in [5.74, 6) is -3.34. The van der Waals surface area contributed by atoms with Crippen molar-refractivity contribution in [2.24, 2.45) is 0 Å². The third-order valence-corrected chi connectivity index (χ3v) is 3.37. The Kier molecular flexibility index (Phi) is 6.05. The standard InChI is InChI=1S/C18H16N2O6/c1-25-17(23)11-7-3-5-9-13(11)19-15(21)16(22)20-14-10-6-4-8-12(14)18(24)26-2/h3-10H,1-2H3,(H,19,21)(H,20,22). The Morgan fingerprint density at radius 2 is 1.00 bits per heavy atom. The van der Waals surface area contributed by atoms with Gasteiger partial charge in [-0.15, -0.1) is 0 Å². The van der Waals surface area contributed by atoms with E-state index in [0.717, 1.165) is 0 Å². The van der Waals surface area contributed by atoms with Crippen LogP contribution in [0, 0.1) is 0 Å². The van der Waals surface area contributed by atoms with Gasteiger partial charge >= 0.3 is 23.8 Å². The highest BCUT2D eigenvalue weighted by atomic mass is 16.5. The summed E-state index contributed by atoms with van der Waals surface area (Å²) in [6.07, 6.45) is 0. The zero-order chi connectivity index (χ0) is 19.1. The smallest absolute Gasteiger partial charge is 0.339 e. The van der Waals surface area contributed by atoms with Crippen LogP contribution < -0.4 is 10.6 Å². The second kappa shape index (κ2) is 8.43. The second-order valence-electron chi connectivity index (χ2n) is 4.98. The molecule has 0 atom stereocenters. The molecule has 134 valence electrons. The fraction of sp³-hybridized carbons (Fsp3) is 0.111. The quantitative estimate of drug-likeness (QED) is 0.639. The first-order chi connectivity index (χ1) is 12.5. The monoisotopic (exact) mass is 356 g/mol. The maximum absolute atomic E-state index is 12.1. The van der Waals surface area contributed by atoms with Crippen molar-refractivity contribution in [3.63, 3.8) is 0 Å². The summed E-state index contributed by atoms with van der Waals surface area (Å²) < 4.78 is 9.25. The van der Waals surface area contributed by atoms with Crippen LogP contribution in [0.5, 0.6) is 0 Å². The lowest BCUT2D eigenvalue weighted by Crippen LogP contribution is -2.30. The molecular weight excluding hydrogens is 340 g/mol. The van der Waals surface area contributed by atoms with Gasteiger partial charge in [0.15, 0.2) is 0 Å². The molecule has 0 saturated heterocycles. The van der Waals surface area contributed by atoms with Crippen LogP contribution in [0.3, 0.4) is 0 Å². The van der Waals surface area contributed by atoms with Crippen molar-refractivity contribution in [2.45, 2.75) is 0 Å². The molecule has 0 saturated carbocycles. The molecule has 2 N–H and O–H groups in total. The van der Waals surface area contributed by atoms with E-state index in [1.165, 1.54) is 38.5 Å². The predicted molar refractivity (Wildman–Crippen MR) is 92.8 cm³/mol. The Balaban J connectivity index is 2.17. The molecule has 0 heterocycles. The summed E-state index contributed by atoms with van der Waals surface area (Å²) in [5.41, 5.74) is 0.457. The number of amides is 2. The molecule has 0 aliphatic rings.